The molecule has 3 aromatic heterocycles. The Morgan fingerprint density at radius 2 is 1.94 bits per heavy atom. The van der Waals surface area contributed by atoms with Gasteiger partial charge in [-0.3, -0.25) is 14.7 Å². The lowest BCUT2D eigenvalue weighted by Gasteiger charge is -2.26. The molecule has 0 radical (unpaired) electrons. The minimum Gasteiger partial charge on any atom is -0.460 e. The van der Waals surface area contributed by atoms with Crippen LogP contribution in [0.25, 0.3) is 22.7 Å². The fourth-order valence-corrected chi connectivity index (χ4v) is 4.28. The summed E-state index contributed by atoms with van der Waals surface area (Å²) in [5, 5.41) is 1.13. The number of aromatic amines is 1. The molecular formula is C23H18Cl2N4O2. The van der Waals surface area contributed by atoms with Gasteiger partial charge < -0.3 is 9.40 Å². The third-order valence-electron chi connectivity index (χ3n) is 5.34. The summed E-state index contributed by atoms with van der Waals surface area (Å²) in [7, 11) is 0. The van der Waals surface area contributed by atoms with E-state index in [-0.39, 0.29) is 5.56 Å². The maximum absolute atomic E-state index is 12.7. The highest BCUT2D eigenvalue weighted by Crippen LogP contribution is 2.32. The number of hydrogen-bond acceptors (Lipinski definition) is 5. The topological polar surface area (TPSA) is 75.0 Å². The Kier molecular flexibility index (Phi) is 5.36. The minimum absolute atomic E-state index is 0.102. The molecule has 5 rings (SSSR count). The third-order valence-corrected chi connectivity index (χ3v) is 5.89. The van der Waals surface area contributed by atoms with Crippen molar-refractivity contribution < 1.29 is 4.42 Å². The molecule has 4 aromatic rings. The normalized spacial score (nSPS) is 13.9. The summed E-state index contributed by atoms with van der Waals surface area (Å²) in [5.74, 6) is 2.08. The van der Waals surface area contributed by atoms with Crippen molar-refractivity contribution in [1.82, 2.24) is 19.9 Å². The average molecular weight is 453 g/mol. The zero-order chi connectivity index (χ0) is 21.4. The van der Waals surface area contributed by atoms with Gasteiger partial charge >= 0.3 is 0 Å². The molecule has 0 aliphatic carbocycles. The summed E-state index contributed by atoms with van der Waals surface area (Å²) in [4.78, 5) is 26.5. The molecule has 0 bridgehead atoms. The summed E-state index contributed by atoms with van der Waals surface area (Å²) in [6.07, 6.45) is 4.07. The third kappa shape index (κ3) is 4.14. The number of nitrogens with one attached hydrogen (secondary N) is 1. The Hall–Kier alpha value is -2.93. The van der Waals surface area contributed by atoms with E-state index in [1.165, 1.54) is 0 Å². The quantitative estimate of drug-likeness (QED) is 0.473. The molecule has 6 nitrogen and oxygen atoms in total. The molecule has 31 heavy (non-hydrogen) atoms. The predicted molar refractivity (Wildman–Crippen MR) is 120 cm³/mol. The zero-order valence-electron chi connectivity index (χ0n) is 16.4. The molecule has 8 heteroatoms. The lowest BCUT2D eigenvalue weighted by atomic mass is 10.1. The van der Waals surface area contributed by atoms with Crippen molar-refractivity contribution in [3.05, 3.63) is 92.3 Å². The maximum atomic E-state index is 12.7. The molecule has 4 heterocycles. The molecule has 0 unspecified atom stereocenters. The number of furan rings is 1. The number of fused-ring (bicyclic) bond motifs is 1. The van der Waals surface area contributed by atoms with E-state index in [9.17, 15) is 4.79 Å². The molecule has 0 spiro atoms. The van der Waals surface area contributed by atoms with Crippen LogP contribution in [0.15, 0.2) is 64.1 Å². The summed E-state index contributed by atoms with van der Waals surface area (Å²) in [6, 6.07) is 12.8. The fraction of sp³-hybridized carbons (Fsp3) is 0.174. The van der Waals surface area contributed by atoms with Gasteiger partial charge in [0.2, 0.25) is 0 Å². The smallest absolute Gasteiger partial charge is 0.255 e. The zero-order valence-corrected chi connectivity index (χ0v) is 18.0. The number of aromatic nitrogens is 3. The second kappa shape index (κ2) is 8.30. The van der Waals surface area contributed by atoms with Crippen LogP contribution in [0, 0.1) is 0 Å². The average Bonchev–Trinajstić information content (AvgIpc) is 3.22. The van der Waals surface area contributed by atoms with Gasteiger partial charge in [0, 0.05) is 48.1 Å². The van der Waals surface area contributed by atoms with Gasteiger partial charge in [0.15, 0.2) is 0 Å². The van der Waals surface area contributed by atoms with Gasteiger partial charge in [-0.1, -0.05) is 23.2 Å². The Labute approximate surface area is 188 Å². The van der Waals surface area contributed by atoms with E-state index in [4.69, 9.17) is 27.6 Å². The van der Waals surface area contributed by atoms with Gasteiger partial charge in [-0.25, -0.2) is 4.98 Å². The van der Waals surface area contributed by atoms with Crippen LogP contribution in [0.2, 0.25) is 10.0 Å². The van der Waals surface area contributed by atoms with E-state index in [1.54, 1.807) is 24.5 Å². The van der Waals surface area contributed by atoms with Crippen molar-refractivity contribution in [1.29, 1.82) is 0 Å². The first kappa shape index (κ1) is 20.0. The fourth-order valence-electron chi connectivity index (χ4n) is 3.78. The van der Waals surface area contributed by atoms with Crippen LogP contribution < -0.4 is 5.56 Å². The largest absolute Gasteiger partial charge is 0.460 e. The van der Waals surface area contributed by atoms with E-state index < -0.39 is 0 Å². The first-order chi connectivity index (χ1) is 15.1. The molecule has 0 atom stereocenters. The van der Waals surface area contributed by atoms with Gasteiger partial charge in [0.05, 0.1) is 22.8 Å². The highest BCUT2D eigenvalue weighted by molar-refractivity contribution is 6.36. The van der Waals surface area contributed by atoms with Gasteiger partial charge in [-0.2, -0.15) is 0 Å². The second-order valence-electron chi connectivity index (χ2n) is 7.43. The Bertz CT molecular complexity index is 1300. The van der Waals surface area contributed by atoms with Crippen LogP contribution in [0.5, 0.6) is 0 Å². The first-order valence-electron chi connectivity index (χ1n) is 9.86. The Balaban J connectivity index is 1.34. The monoisotopic (exact) mass is 452 g/mol. The van der Waals surface area contributed by atoms with E-state index in [0.29, 0.717) is 46.7 Å². The number of nitrogens with zero attached hydrogens (tertiary/aromatic N) is 3. The molecule has 156 valence electrons. The van der Waals surface area contributed by atoms with E-state index in [0.717, 1.165) is 29.1 Å². The molecule has 0 fully saturated rings. The standard InChI is InChI=1S/C23H18Cl2N4O2/c24-15-1-3-17(19(25)11-15)21-4-2-16(31-21)12-29-10-7-20-18(13-29)23(30)28-22(27-20)14-5-8-26-9-6-14/h1-6,8-9,11H,7,10,12-13H2,(H,27,28,30). The maximum Gasteiger partial charge on any atom is 0.255 e. The number of pyridine rings is 1. The van der Waals surface area contributed by atoms with Crippen LogP contribution >= 0.6 is 23.2 Å². The van der Waals surface area contributed by atoms with Crippen LogP contribution in [-0.4, -0.2) is 26.4 Å². The van der Waals surface area contributed by atoms with Crippen LogP contribution in [0.4, 0.5) is 0 Å². The van der Waals surface area contributed by atoms with Crippen molar-refractivity contribution >= 4 is 23.2 Å². The van der Waals surface area contributed by atoms with Gasteiger partial charge in [-0.15, -0.1) is 0 Å². The van der Waals surface area contributed by atoms with Crippen LogP contribution in [0.1, 0.15) is 17.0 Å². The number of H-pyrrole nitrogens is 1. The van der Waals surface area contributed by atoms with E-state index in [2.05, 4.69) is 19.9 Å². The summed E-state index contributed by atoms with van der Waals surface area (Å²) < 4.78 is 6.01. The van der Waals surface area contributed by atoms with Gasteiger partial charge in [-0.05, 0) is 42.5 Å². The van der Waals surface area contributed by atoms with Crippen molar-refractivity contribution in [2.75, 3.05) is 6.54 Å². The molecule has 1 aromatic carbocycles. The highest BCUT2D eigenvalue weighted by atomic mass is 35.5. The Morgan fingerprint density at radius 3 is 2.74 bits per heavy atom. The molecule has 1 aliphatic heterocycles. The van der Waals surface area contributed by atoms with Gasteiger partial charge in [0.1, 0.15) is 17.3 Å². The molecular weight excluding hydrogens is 435 g/mol. The van der Waals surface area contributed by atoms with Crippen molar-refractivity contribution in [3.63, 3.8) is 0 Å². The molecule has 0 saturated heterocycles. The second-order valence-corrected chi connectivity index (χ2v) is 8.27. The number of halogens is 2. The summed E-state index contributed by atoms with van der Waals surface area (Å²) in [6.45, 7) is 1.90. The van der Waals surface area contributed by atoms with Crippen molar-refractivity contribution in [2.45, 2.75) is 19.5 Å². The lowest BCUT2D eigenvalue weighted by molar-refractivity contribution is 0.223. The molecule has 0 amide bonds. The lowest BCUT2D eigenvalue weighted by Crippen LogP contribution is -2.35. The minimum atomic E-state index is -0.102. The summed E-state index contributed by atoms with van der Waals surface area (Å²) in [5.41, 5.74) is 3.10. The van der Waals surface area contributed by atoms with Crippen LogP contribution in [-0.2, 0) is 19.5 Å². The first-order valence-corrected chi connectivity index (χ1v) is 10.6. The van der Waals surface area contributed by atoms with Crippen LogP contribution in [0.3, 0.4) is 0 Å². The Morgan fingerprint density at radius 1 is 1.10 bits per heavy atom. The van der Waals surface area contributed by atoms with E-state index >= 15 is 0 Å². The van der Waals surface area contributed by atoms with Gasteiger partial charge in [0.25, 0.3) is 5.56 Å². The SMILES string of the molecule is O=c1[nH]c(-c2ccncc2)nc2c1CN(Cc1ccc(-c3ccc(Cl)cc3Cl)o1)CC2. The van der Waals surface area contributed by atoms with Crippen molar-refractivity contribution in [3.8, 4) is 22.7 Å². The highest BCUT2D eigenvalue weighted by Gasteiger charge is 2.22. The molecule has 1 N–H and O–H groups in total. The number of hydrogen-bond donors (Lipinski definition) is 1. The predicted octanol–water partition coefficient (Wildman–Crippen LogP) is 4.96. The number of rotatable bonds is 4. The van der Waals surface area contributed by atoms with E-state index in [1.807, 2.05) is 30.3 Å². The summed E-state index contributed by atoms with van der Waals surface area (Å²) >= 11 is 12.3. The molecule has 1 aliphatic rings. The number of benzene rings is 1. The molecule has 0 saturated carbocycles. The van der Waals surface area contributed by atoms with Crippen molar-refractivity contribution in [2.24, 2.45) is 0 Å².